The van der Waals surface area contributed by atoms with Crippen LogP contribution in [0.3, 0.4) is 0 Å². The summed E-state index contributed by atoms with van der Waals surface area (Å²) < 4.78 is 28.4. The van der Waals surface area contributed by atoms with Crippen molar-refractivity contribution >= 4 is 0 Å². The Balaban J connectivity index is 1.65. The van der Waals surface area contributed by atoms with E-state index in [1.54, 1.807) is 42.6 Å². The van der Waals surface area contributed by atoms with Crippen LogP contribution in [0.5, 0.6) is 11.6 Å². The normalized spacial score (nSPS) is 10.8. The molecule has 0 radical (unpaired) electrons. The van der Waals surface area contributed by atoms with E-state index >= 15 is 4.39 Å². The van der Waals surface area contributed by atoms with Gasteiger partial charge >= 0.3 is 5.69 Å². The Morgan fingerprint density at radius 3 is 2.55 bits per heavy atom. The van der Waals surface area contributed by atoms with Gasteiger partial charge in [-0.3, -0.25) is 0 Å². The van der Waals surface area contributed by atoms with Crippen LogP contribution < -0.4 is 15.2 Å². The van der Waals surface area contributed by atoms with Crippen molar-refractivity contribution in [2.24, 2.45) is 7.05 Å². The van der Waals surface area contributed by atoms with E-state index in [9.17, 15) is 4.79 Å². The molecule has 158 valence electrons. The number of benzene rings is 2. The van der Waals surface area contributed by atoms with E-state index in [0.29, 0.717) is 28.3 Å². The minimum Gasteiger partial charge on any atom is -0.486 e. The van der Waals surface area contributed by atoms with Crippen molar-refractivity contribution in [2.45, 2.75) is 13.5 Å². The monoisotopic (exact) mass is 421 g/mol. The number of methoxy groups -OCH3 is 1. The molecule has 0 fully saturated rings. The van der Waals surface area contributed by atoms with E-state index in [1.165, 1.54) is 18.8 Å². The number of hydrogen-bond donors (Lipinski definition) is 0. The Bertz CT molecular complexity index is 1280. The van der Waals surface area contributed by atoms with Crippen molar-refractivity contribution in [2.75, 3.05) is 7.11 Å². The van der Waals surface area contributed by atoms with Crippen LogP contribution in [0.25, 0.3) is 16.8 Å². The van der Waals surface area contributed by atoms with Gasteiger partial charge in [-0.2, -0.15) is 9.36 Å². The molecule has 0 aliphatic heterocycles. The third kappa shape index (κ3) is 3.89. The van der Waals surface area contributed by atoms with Crippen LogP contribution in [0, 0.1) is 12.7 Å². The van der Waals surface area contributed by atoms with E-state index in [0.717, 1.165) is 10.2 Å². The van der Waals surface area contributed by atoms with Crippen molar-refractivity contribution in [1.29, 1.82) is 0 Å². The fourth-order valence-electron chi connectivity index (χ4n) is 3.19. The second-order valence-corrected chi connectivity index (χ2v) is 6.87. The molecule has 4 rings (SSSR count). The SMILES string of the molecule is COc1ccc(-c2cccc(OCc3c(C)cccc3-n3nnn(C)c3=O)c2F)cn1. The number of pyridine rings is 1. The zero-order valence-electron chi connectivity index (χ0n) is 17.2. The summed E-state index contributed by atoms with van der Waals surface area (Å²) in [7, 11) is 3.04. The maximum atomic E-state index is 15.2. The fraction of sp³-hybridized carbons (Fsp3) is 0.182. The third-order valence-corrected chi connectivity index (χ3v) is 4.93. The van der Waals surface area contributed by atoms with Crippen molar-refractivity contribution in [3.8, 4) is 28.4 Å². The lowest BCUT2D eigenvalue weighted by atomic mass is 10.1. The van der Waals surface area contributed by atoms with E-state index in [4.69, 9.17) is 9.47 Å². The van der Waals surface area contributed by atoms with Gasteiger partial charge in [-0.1, -0.05) is 24.3 Å². The van der Waals surface area contributed by atoms with Gasteiger partial charge < -0.3 is 9.47 Å². The van der Waals surface area contributed by atoms with Gasteiger partial charge in [0.2, 0.25) is 5.88 Å². The summed E-state index contributed by atoms with van der Waals surface area (Å²) in [4.78, 5) is 16.4. The molecule has 31 heavy (non-hydrogen) atoms. The van der Waals surface area contributed by atoms with E-state index in [1.807, 2.05) is 19.1 Å². The number of aryl methyl sites for hydroxylation is 2. The lowest BCUT2D eigenvalue weighted by molar-refractivity contribution is 0.289. The van der Waals surface area contributed by atoms with Gasteiger partial charge in [0.1, 0.15) is 6.61 Å². The Morgan fingerprint density at radius 2 is 1.87 bits per heavy atom. The summed E-state index contributed by atoms with van der Waals surface area (Å²) in [6.07, 6.45) is 1.54. The van der Waals surface area contributed by atoms with E-state index in [-0.39, 0.29) is 18.0 Å². The first kappa shape index (κ1) is 20.3. The standard InChI is InChI=1S/C22H20FN5O3/c1-14-6-4-8-18(28-22(29)27(2)25-26-28)17(14)13-31-19-9-5-7-16(21(19)23)15-10-11-20(30-3)24-12-15/h4-12H,13H2,1-3H3. The highest BCUT2D eigenvalue weighted by molar-refractivity contribution is 5.65. The molecular weight excluding hydrogens is 401 g/mol. The number of aromatic nitrogens is 5. The summed E-state index contributed by atoms with van der Waals surface area (Å²) in [5, 5.41) is 7.65. The van der Waals surface area contributed by atoms with Crippen LogP contribution >= 0.6 is 0 Å². The van der Waals surface area contributed by atoms with Gasteiger partial charge in [0, 0.05) is 36.0 Å². The van der Waals surface area contributed by atoms with Crippen LogP contribution in [-0.2, 0) is 13.7 Å². The lowest BCUT2D eigenvalue weighted by Crippen LogP contribution is -2.23. The maximum Gasteiger partial charge on any atom is 0.368 e. The maximum absolute atomic E-state index is 15.2. The molecule has 9 heteroatoms. The van der Waals surface area contributed by atoms with Crippen molar-refractivity contribution in [1.82, 2.24) is 24.8 Å². The Kier molecular flexibility index (Phi) is 5.48. The minimum atomic E-state index is -0.499. The molecule has 8 nitrogen and oxygen atoms in total. The Hall–Kier alpha value is -4.01. The highest BCUT2D eigenvalue weighted by Gasteiger charge is 2.16. The first-order valence-electron chi connectivity index (χ1n) is 9.49. The summed E-state index contributed by atoms with van der Waals surface area (Å²) in [6, 6.07) is 13.8. The average Bonchev–Trinajstić information content (AvgIpc) is 3.12. The Morgan fingerprint density at radius 1 is 1.06 bits per heavy atom. The molecule has 0 N–H and O–H groups in total. The smallest absolute Gasteiger partial charge is 0.368 e. The molecular formula is C22H20FN5O3. The fourth-order valence-corrected chi connectivity index (χ4v) is 3.19. The van der Waals surface area contributed by atoms with Crippen molar-refractivity contribution in [3.05, 3.63) is 82.2 Å². The Labute approximate surface area is 177 Å². The number of tetrazole rings is 1. The first-order valence-corrected chi connectivity index (χ1v) is 9.49. The topological polar surface area (TPSA) is 84.1 Å². The summed E-state index contributed by atoms with van der Waals surface area (Å²) >= 11 is 0. The number of rotatable bonds is 6. The van der Waals surface area contributed by atoms with Crippen LogP contribution in [-0.4, -0.2) is 31.9 Å². The summed E-state index contributed by atoms with van der Waals surface area (Å²) in [5.41, 5.74) is 2.71. The number of ether oxygens (including phenoxy) is 2. The van der Waals surface area contributed by atoms with Gasteiger partial charge in [-0.05, 0) is 41.1 Å². The highest BCUT2D eigenvalue weighted by Crippen LogP contribution is 2.30. The molecule has 0 aliphatic rings. The molecule has 2 aromatic carbocycles. The highest BCUT2D eigenvalue weighted by atomic mass is 19.1. The molecule has 0 spiro atoms. The molecule has 2 heterocycles. The largest absolute Gasteiger partial charge is 0.486 e. The molecule has 0 saturated heterocycles. The molecule has 0 aliphatic carbocycles. The molecule has 0 amide bonds. The second-order valence-electron chi connectivity index (χ2n) is 6.87. The molecule has 0 bridgehead atoms. The van der Waals surface area contributed by atoms with Gasteiger partial charge in [0.15, 0.2) is 11.6 Å². The summed E-state index contributed by atoms with van der Waals surface area (Å²) in [6.45, 7) is 1.94. The third-order valence-electron chi connectivity index (χ3n) is 4.93. The predicted octanol–water partition coefficient (Wildman–Crippen LogP) is 3.06. The minimum absolute atomic E-state index is 0.0479. The van der Waals surface area contributed by atoms with Crippen molar-refractivity contribution < 1.29 is 13.9 Å². The van der Waals surface area contributed by atoms with E-state index in [2.05, 4.69) is 15.4 Å². The zero-order chi connectivity index (χ0) is 22.0. The van der Waals surface area contributed by atoms with Gasteiger partial charge in [0.05, 0.1) is 12.8 Å². The predicted molar refractivity (Wildman–Crippen MR) is 112 cm³/mol. The van der Waals surface area contributed by atoms with Gasteiger partial charge in [-0.15, -0.1) is 0 Å². The molecule has 0 saturated carbocycles. The van der Waals surface area contributed by atoms with E-state index < -0.39 is 5.82 Å². The number of halogens is 1. The molecule has 2 aromatic heterocycles. The zero-order valence-corrected chi connectivity index (χ0v) is 17.2. The van der Waals surface area contributed by atoms with Gasteiger partial charge in [0.25, 0.3) is 0 Å². The van der Waals surface area contributed by atoms with Crippen LogP contribution in [0.1, 0.15) is 11.1 Å². The summed E-state index contributed by atoms with van der Waals surface area (Å²) in [5.74, 6) is 0.0400. The van der Waals surface area contributed by atoms with Crippen molar-refractivity contribution in [3.63, 3.8) is 0 Å². The first-order chi connectivity index (χ1) is 15.0. The molecule has 0 atom stereocenters. The second kappa shape index (κ2) is 8.39. The molecule has 0 unspecified atom stereocenters. The number of hydrogen-bond acceptors (Lipinski definition) is 6. The van der Waals surface area contributed by atoms with Crippen LogP contribution in [0.15, 0.2) is 59.5 Å². The number of nitrogens with zero attached hydrogens (tertiary/aromatic N) is 5. The van der Waals surface area contributed by atoms with Gasteiger partial charge in [-0.25, -0.2) is 14.2 Å². The van der Waals surface area contributed by atoms with Crippen LogP contribution in [0.2, 0.25) is 0 Å². The lowest BCUT2D eigenvalue weighted by Gasteiger charge is -2.14. The quantitative estimate of drug-likeness (QED) is 0.476. The molecule has 4 aromatic rings. The average molecular weight is 421 g/mol. The van der Waals surface area contributed by atoms with Crippen LogP contribution in [0.4, 0.5) is 4.39 Å².